The highest BCUT2D eigenvalue weighted by atomic mass is 19.1. The van der Waals surface area contributed by atoms with Crippen molar-refractivity contribution in [3.05, 3.63) is 12.0 Å². The average molecular weight is 118 g/mol. The smallest absolute Gasteiger partial charge is 0.379 e. The van der Waals surface area contributed by atoms with Crippen molar-refractivity contribution < 1.29 is 18.7 Å². The third kappa shape index (κ3) is 0.959. The van der Waals surface area contributed by atoms with Crippen molar-refractivity contribution in [1.29, 1.82) is 0 Å². The molecule has 0 unspecified atom stereocenters. The van der Waals surface area contributed by atoms with Gasteiger partial charge < -0.3 is 9.47 Å². The second-order valence-corrected chi connectivity index (χ2v) is 1.14. The highest BCUT2D eigenvalue weighted by Gasteiger charge is 2.21. The molecule has 0 aromatic heterocycles. The standard InChI is InChI=1S/C4H3FO3/c5-2-8-4(6)3-1-7-3/h1H,2H2. The van der Waals surface area contributed by atoms with Crippen LogP contribution >= 0.6 is 0 Å². The molecule has 0 aromatic carbocycles. The van der Waals surface area contributed by atoms with Gasteiger partial charge in [-0.2, -0.15) is 0 Å². The number of rotatable bonds is 2. The van der Waals surface area contributed by atoms with Gasteiger partial charge in [0.15, 0.2) is 0 Å². The highest BCUT2D eigenvalue weighted by molar-refractivity contribution is 5.88. The van der Waals surface area contributed by atoms with E-state index in [0.717, 1.165) is 0 Å². The third-order valence-corrected chi connectivity index (χ3v) is 0.623. The van der Waals surface area contributed by atoms with Crippen molar-refractivity contribution in [2.45, 2.75) is 0 Å². The van der Waals surface area contributed by atoms with Gasteiger partial charge in [0.05, 0.1) is 0 Å². The molecule has 0 N–H and O–H groups in total. The molecule has 0 saturated carbocycles. The SMILES string of the molecule is O=C(OCF)C1=CO1. The zero-order valence-electron chi connectivity index (χ0n) is 3.89. The van der Waals surface area contributed by atoms with Crippen LogP contribution < -0.4 is 0 Å². The van der Waals surface area contributed by atoms with Gasteiger partial charge in [0.1, 0.15) is 6.26 Å². The number of alkyl halides is 1. The molecule has 3 nitrogen and oxygen atoms in total. The maximum Gasteiger partial charge on any atom is 0.379 e. The van der Waals surface area contributed by atoms with Gasteiger partial charge in [0.25, 0.3) is 0 Å². The summed E-state index contributed by atoms with van der Waals surface area (Å²) in [7, 11) is 0. The van der Waals surface area contributed by atoms with Crippen molar-refractivity contribution in [1.82, 2.24) is 0 Å². The zero-order valence-corrected chi connectivity index (χ0v) is 3.89. The first-order valence-corrected chi connectivity index (χ1v) is 1.94. The van der Waals surface area contributed by atoms with E-state index in [1.807, 2.05) is 0 Å². The molecule has 1 aliphatic rings. The van der Waals surface area contributed by atoms with Crippen LogP contribution in [0.15, 0.2) is 12.0 Å². The molecule has 1 heterocycles. The molecule has 0 amide bonds. The Bertz CT molecular complexity index is 140. The minimum absolute atomic E-state index is 0.0858. The fraction of sp³-hybridized carbons (Fsp3) is 0.250. The Kier molecular flexibility index (Phi) is 1.15. The minimum Gasteiger partial charge on any atom is -0.450 e. The number of ether oxygens (including phenoxy) is 2. The Morgan fingerprint density at radius 1 is 2.00 bits per heavy atom. The topological polar surface area (TPSA) is 38.8 Å². The summed E-state index contributed by atoms with van der Waals surface area (Å²) in [6.45, 7) is -1.10. The third-order valence-electron chi connectivity index (χ3n) is 0.623. The van der Waals surface area contributed by atoms with E-state index in [0.29, 0.717) is 0 Å². The van der Waals surface area contributed by atoms with Crippen LogP contribution in [-0.2, 0) is 14.3 Å². The number of esters is 1. The lowest BCUT2D eigenvalue weighted by Gasteiger charge is -1.88. The molecule has 0 atom stereocenters. The first-order valence-electron chi connectivity index (χ1n) is 1.94. The van der Waals surface area contributed by atoms with Gasteiger partial charge in [0, 0.05) is 0 Å². The van der Waals surface area contributed by atoms with Crippen molar-refractivity contribution >= 4 is 5.97 Å². The summed E-state index contributed by atoms with van der Waals surface area (Å²) in [5.74, 6) is -0.657. The summed E-state index contributed by atoms with van der Waals surface area (Å²) in [5, 5.41) is 0. The van der Waals surface area contributed by atoms with E-state index in [2.05, 4.69) is 9.47 Å². The van der Waals surface area contributed by atoms with Crippen molar-refractivity contribution in [3.8, 4) is 0 Å². The van der Waals surface area contributed by atoms with Crippen molar-refractivity contribution in [2.75, 3.05) is 6.86 Å². The van der Waals surface area contributed by atoms with Gasteiger partial charge in [-0.05, 0) is 0 Å². The number of carbonyl (C=O) groups is 1. The van der Waals surface area contributed by atoms with Crippen LogP contribution in [0.4, 0.5) is 4.39 Å². The van der Waals surface area contributed by atoms with Crippen LogP contribution in [-0.4, -0.2) is 12.8 Å². The maximum absolute atomic E-state index is 11.1. The minimum atomic E-state index is -1.10. The van der Waals surface area contributed by atoms with Crippen LogP contribution in [0.25, 0.3) is 0 Å². The molecule has 1 rings (SSSR count). The molecular weight excluding hydrogens is 115 g/mol. The van der Waals surface area contributed by atoms with Gasteiger partial charge in [0.2, 0.25) is 12.6 Å². The molecule has 0 saturated heterocycles. The largest absolute Gasteiger partial charge is 0.450 e. The fourth-order valence-electron chi connectivity index (χ4n) is 0.246. The first kappa shape index (κ1) is 5.08. The van der Waals surface area contributed by atoms with Crippen LogP contribution in [0.2, 0.25) is 0 Å². The van der Waals surface area contributed by atoms with E-state index in [9.17, 15) is 9.18 Å². The summed E-state index contributed by atoms with van der Waals surface area (Å²) in [5.41, 5.74) is 0. The monoisotopic (exact) mass is 118 g/mol. The molecule has 44 valence electrons. The van der Waals surface area contributed by atoms with Crippen LogP contribution in [0.3, 0.4) is 0 Å². The quantitative estimate of drug-likeness (QED) is 0.490. The van der Waals surface area contributed by atoms with Gasteiger partial charge in [-0.15, -0.1) is 0 Å². The van der Waals surface area contributed by atoms with E-state index in [1.165, 1.54) is 6.26 Å². The fourth-order valence-corrected chi connectivity index (χ4v) is 0.246. The predicted octanol–water partition coefficient (Wildman–Crippen LogP) is 0.328. The number of carbonyl (C=O) groups excluding carboxylic acids is 1. The summed E-state index contributed by atoms with van der Waals surface area (Å²) in [6.07, 6.45) is 1.19. The second kappa shape index (κ2) is 1.81. The van der Waals surface area contributed by atoms with Crippen LogP contribution in [0.1, 0.15) is 0 Å². The molecule has 1 aliphatic heterocycles. The molecule has 0 aliphatic carbocycles. The van der Waals surface area contributed by atoms with Gasteiger partial charge >= 0.3 is 5.97 Å². The predicted molar refractivity (Wildman–Crippen MR) is 21.2 cm³/mol. The number of halogens is 1. The van der Waals surface area contributed by atoms with Crippen molar-refractivity contribution in [3.63, 3.8) is 0 Å². The normalized spacial score (nSPS) is 13.9. The zero-order chi connectivity index (χ0) is 5.98. The van der Waals surface area contributed by atoms with E-state index < -0.39 is 12.8 Å². The van der Waals surface area contributed by atoms with E-state index in [1.54, 1.807) is 0 Å². The summed E-state index contributed by atoms with van der Waals surface area (Å²) in [6, 6.07) is 0. The highest BCUT2D eigenvalue weighted by Crippen LogP contribution is 2.13. The Hall–Kier alpha value is -1.06. The molecule has 8 heavy (non-hydrogen) atoms. The van der Waals surface area contributed by atoms with Gasteiger partial charge in [-0.1, -0.05) is 0 Å². The molecule has 4 heteroatoms. The maximum atomic E-state index is 11.1. The summed E-state index contributed by atoms with van der Waals surface area (Å²) >= 11 is 0. The van der Waals surface area contributed by atoms with E-state index in [4.69, 9.17) is 0 Å². The molecule has 0 aromatic rings. The lowest BCUT2D eigenvalue weighted by molar-refractivity contribution is -0.144. The Balaban J connectivity index is 2.24. The van der Waals surface area contributed by atoms with Gasteiger partial charge in [-0.25, -0.2) is 9.18 Å². The molecular formula is C4H3FO3. The Morgan fingerprint density at radius 2 is 2.62 bits per heavy atom. The lowest BCUT2D eigenvalue weighted by Crippen LogP contribution is -2.00. The van der Waals surface area contributed by atoms with E-state index in [-0.39, 0.29) is 5.76 Å². The number of hydrogen-bond donors (Lipinski definition) is 0. The number of hydrogen-bond acceptors (Lipinski definition) is 3. The molecule has 0 spiro atoms. The second-order valence-electron chi connectivity index (χ2n) is 1.14. The van der Waals surface area contributed by atoms with Crippen LogP contribution in [0.5, 0.6) is 0 Å². The Labute approximate surface area is 44.7 Å². The summed E-state index contributed by atoms with van der Waals surface area (Å²) in [4.78, 5) is 10.1. The molecule has 0 bridgehead atoms. The molecule has 0 fully saturated rings. The lowest BCUT2D eigenvalue weighted by atomic mass is 10.6. The molecule has 0 radical (unpaired) electrons. The van der Waals surface area contributed by atoms with Crippen molar-refractivity contribution in [2.24, 2.45) is 0 Å². The van der Waals surface area contributed by atoms with Crippen LogP contribution in [0, 0.1) is 0 Å². The Morgan fingerprint density at radius 3 is 3.00 bits per heavy atom. The summed E-state index contributed by atoms with van der Waals surface area (Å²) < 4.78 is 19.2. The first-order chi connectivity index (χ1) is 3.84. The van der Waals surface area contributed by atoms with Gasteiger partial charge in [-0.3, -0.25) is 0 Å². The average Bonchev–Trinajstić information content (AvgIpc) is 2.45. The van der Waals surface area contributed by atoms with E-state index >= 15 is 0 Å².